The molecule has 2 aliphatic rings. The molecular weight excluding hydrogens is 128 g/mol. The van der Waals surface area contributed by atoms with Gasteiger partial charge in [-0.15, -0.1) is 0 Å². The topological polar surface area (TPSA) is 39.7 Å². The SMILES string of the molecule is C1=NCCN1C1CNCN1. The monoisotopic (exact) mass is 140 g/mol. The first kappa shape index (κ1) is 6.12. The van der Waals surface area contributed by atoms with Gasteiger partial charge in [0.05, 0.1) is 19.0 Å². The first-order valence-electron chi connectivity index (χ1n) is 3.66. The Kier molecular flexibility index (Phi) is 1.56. The minimum absolute atomic E-state index is 0.478. The van der Waals surface area contributed by atoms with Crippen molar-refractivity contribution in [2.45, 2.75) is 6.17 Å². The van der Waals surface area contributed by atoms with E-state index in [-0.39, 0.29) is 0 Å². The van der Waals surface area contributed by atoms with E-state index >= 15 is 0 Å². The lowest BCUT2D eigenvalue weighted by molar-refractivity contribution is 0.335. The van der Waals surface area contributed by atoms with Gasteiger partial charge in [-0.3, -0.25) is 10.3 Å². The molecule has 0 aromatic rings. The van der Waals surface area contributed by atoms with Crippen LogP contribution < -0.4 is 10.6 Å². The molecular formula is C6H12N4. The van der Waals surface area contributed by atoms with Crippen LogP contribution in [0.25, 0.3) is 0 Å². The summed E-state index contributed by atoms with van der Waals surface area (Å²) in [5, 5.41) is 6.56. The zero-order valence-corrected chi connectivity index (χ0v) is 5.88. The van der Waals surface area contributed by atoms with E-state index < -0.39 is 0 Å². The van der Waals surface area contributed by atoms with Crippen LogP contribution in [0.15, 0.2) is 4.99 Å². The van der Waals surface area contributed by atoms with Crippen molar-refractivity contribution < 1.29 is 0 Å². The van der Waals surface area contributed by atoms with E-state index in [4.69, 9.17) is 0 Å². The molecule has 0 aromatic carbocycles. The Morgan fingerprint density at radius 3 is 3.20 bits per heavy atom. The lowest BCUT2D eigenvalue weighted by Crippen LogP contribution is -2.41. The predicted octanol–water partition coefficient (Wildman–Crippen LogP) is -1.19. The fourth-order valence-corrected chi connectivity index (χ4v) is 1.34. The molecule has 56 valence electrons. The molecule has 4 heteroatoms. The molecule has 0 aliphatic carbocycles. The van der Waals surface area contributed by atoms with E-state index in [1.165, 1.54) is 0 Å². The summed E-state index contributed by atoms with van der Waals surface area (Å²) in [4.78, 5) is 6.38. The van der Waals surface area contributed by atoms with E-state index in [9.17, 15) is 0 Å². The normalized spacial score (nSPS) is 32.0. The smallest absolute Gasteiger partial charge is 0.0941 e. The molecule has 0 amide bonds. The summed E-state index contributed by atoms with van der Waals surface area (Å²) in [6.07, 6.45) is 2.41. The second-order valence-corrected chi connectivity index (χ2v) is 2.61. The third-order valence-corrected chi connectivity index (χ3v) is 1.92. The second-order valence-electron chi connectivity index (χ2n) is 2.61. The molecule has 2 aliphatic heterocycles. The summed E-state index contributed by atoms with van der Waals surface area (Å²) in [6, 6.07) is 0. The Hall–Kier alpha value is -0.610. The lowest BCUT2D eigenvalue weighted by atomic mass is 10.4. The van der Waals surface area contributed by atoms with Crippen molar-refractivity contribution in [3.63, 3.8) is 0 Å². The Labute approximate surface area is 60.3 Å². The van der Waals surface area contributed by atoms with Crippen LogP contribution in [0.2, 0.25) is 0 Å². The van der Waals surface area contributed by atoms with Gasteiger partial charge < -0.3 is 10.2 Å². The van der Waals surface area contributed by atoms with Crippen molar-refractivity contribution in [2.24, 2.45) is 4.99 Å². The molecule has 0 radical (unpaired) electrons. The van der Waals surface area contributed by atoms with Gasteiger partial charge in [-0.05, 0) is 0 Å². The van der Waals surface area contributed by atoms with Gasteiger partial charge in [0.25, 0.3) is 0 Å². The van der Waals surface area contributed by atoms with Gasteiger partial charge in [0.15, 0.2) is 0 Å². The van der Waals surface area contributed by atoms with Crippen molar-refractivity contribution >= 4 is 6.34 Å². The van der Waals surface area contributed by atoms with Gasteiger partial charge in [-0.2, -0.15) is 0 Å². The van der Waals surface area contributed by atoms with Crippen molar-refractivity contribution in [1.82, 2.24) is 15.5 Å². The van der Waals surface area contributed by atoms with Gasteiger partial charge in [-0.1, -0.05) is 0 Å². The van der Waals surface area contributed by atoms with E-state index in [1.54, 1.807) is 0 Å². The zero-order valence-electron chi connectivity index (χ0n) is 5.88. The standard InChI is InChI=1S/C6H12N4/c1-2-10(5-7-1)6-3-8-4-9-6/h5-6,8-9H,1-4H2. The molecule has 1 fully saturated rings. The first-order valence-corrected chi connectivity index (χ1v) is 3.66. The molecule has 10 heavy (non-hydrogen) atoms. The number of hydrogen-bond acceptors (Lipinski definition) is 4. The van der Waals surface area contributed by atoms with Gasteiger partial charge >= 0.3 is 0 Å². The fraction of sp³-hybridized carbons (Fsp3) is 0.833. The average Bonchev–Trinajstić information content (AvgIpc) is 2.59. The highest BCUT2D eigenvalue weighted by Gasteiger charge is 2.20. The number of rotatable bonds is 1. The number of hydrogen-bond donors (Lipinski definition) is 2. The molecule has 0 aromatic heterocycles. The van der Waals surface area contributed by atoms with Crippen LogP contribution in [0.1, 0.15) is 0 Å². The van der Waals surface area contributed by atoms with Gasteiger partial charge in [0.1, 0.15) is 0 Å². The summed E-state index contributed by atoms with van der Waals surface area (Å²) in [6.45, 7) is 3.98. The predicted molar refractivity (Wildman–Crippen MR) is 39.9 cm³/mol. The minimum atomic E-state index is 0.478. The highest BCUT2D eigenvalue weighted by atomic mass is 15.4. The highest BCUT2D eigenvalue weighted by Crippen LogP contribution is 2.00. The molecule has 2 rings (SSSR count). The molecule has 2 N–H and O–H groups in total. The van der Waals surface area contributed by atoms with Crippen LogP contribution in [-0.2, 0) is 0 Å². The molecule has 0 spiro atoms. The lowest BCUT2D eigenvalue weighted by Gasteiger charge is -2.20. The maximum absolute atomic E-state index is 4.14. The summed E-state index contributed by atoms with van der Waals surface area (Å²) < 4.78 is 0. The van der Waals surface area contributed by atoms with Crippen LogP contribution in [0.3, 0.4) is 0 Å². The van der Waals surface area contributed by atoms with Gasteiger partial charge in [0, 0.05) is 19.8 Å². The van der Waals surface area contributed by atoms with Crippen LogP contribution in [0.5, 0.6) is 0 Å². The van der Waals surface area contributed by atoms with E-state index in [2.05, 4.69) is 20.5 Å². The molecule has 1 saturated heterocycles. The Morgan fingerprint density at radius 2 is 2.60 bits per heavy atom. The zero-order chi connectivity index (χ0) is 6.81. The second kappa shape index (κ2) is 2.56. The first-order chi connectivity index (χ1) is 4.97. The van der Waals surface area contributed by atoms with E-state index in [0.29, 0.717) is 6.17 Å². The van der Waals surface area contributed by atoms with Gasteiger partial charge in [-0.25, -0.2) is 0 Å². The van der Waals surface area contributed by atoms with Crippen molar-refractivity contribution in [1.29, 1.82) is 0 Å². The van der Waals surface area contributed by atoms with Crippen LogP contribution >= 0.6 is 0 Å². The summed E-state index contributed by atoms with van der Waals surface area (Å²) in [5.74, 6) is 0. The maximum Gasteiger partial charge on any atom is 0.0941 e. The molecule has 1 atom stereocenters. The molecule has 0 saturated carbocycles. The average molecular weight is 140 g/mol. The molecule has 2 heterocycles. The molecule has 0 bridgehead atoms. The number of nitrogens with one attached hydrogen (secondary N) is 2. The summed E-state index contributed by atoms with van der Waals surface area (Å²) in [5.41, 5.74) is 0. The summed E-state index contributed by atoms with van der Waals surface area (Å²) in [7, 11) is 0. The third kappa shape index (κ3) is 0.998. The van der Waals surface area contributed by atoms with Crippen LogP contribution in [-0.4, -0.2) is 43.7 Å². The fourth-order valence-electron chi connectivity index (χ4n) is 1.34. The van der Waals surface area contributed by atoms with Gasteiger partial charge in [0.2, 0.25) is 0 Å². The Bertz CT molecular complexity index is 139. The Balaban J connectivity index is 1.91. The maximum atomic E-state index is 4.14. The van der Waals surface area contributed by atoms with Crippen molar-refractivity contribution in [3.8, 4) is 0 Å². The molecule has 1 unspecified atom stereocenters. The highest BCUT2D eigenvalue weighted by molar-refractivity contribution is 5.57. The minimum Gasteiger partial charge on any atom is -0.344 e. The van der Waals surface area contributed by atoms with Crippen molar-refractivity contribution in [2.75, 3.05) is 26.3 Å². The van der Waals surface area contributed by atoms with Crippen molar-refractivity contribution in [3.05, 3.63) is 0 Å². The third-order valence-electron chi connectivity index (χ3n) is 1.92. The van der Waals surface area contributed by atoms with E-state index in [0.717, 1.165) is 26.3 Å². The quantitative estimate of drug-likeness (QED) is 0.481. The summed E-state index contributed by atoms with van der Waals surface area (Å²) >= 11 is 0. The Morgan fingerprint density at radius 1 is 1.60 bits per heavy atom. The van der Waals surface area contributed by atoms with Crippen LogP contribution in [0.4, 0.5) is 0 Å². The number of aliphatic imine (C=N–C) groups is 1. The van der Waals surface area contributed by atoms with E-state index in [1.807, 2.05) is 6.34 Å². The van der Waals surface area contributed by atoms with Crippen LogP contribution in [0, 0.1) is 0 Å². The molecule has 4 nitrogen and oxygen atoms in total. The number of nitrogens with zero attached hydrogens (tertiary/aromatic N) is 2. The largest absolute Gasteiger partial charge is 0.344 e.